The molecule has 17 heavy (non-hydrogen) atoms. The number of nitrogens with zero attached hydrogens (tertiary/aromatic N) is 1. The number of hydrogen-bond donors (Lipinski definition) is 1. The van der Waals surface area contributed by atoms with Crippen molar-refractivity contribution in [1.82, 2.24) is 10.2 Å². The first-order valence-corrected chi connectivity index (χ1v) is 7.77. The first-order valence-electron chi connectivity index (χ1n) is 7.77. The van der Waals surface area contributed by atoms with Crippen LogP contribution in [0.15, 0.2) is 0 Å². The highest BCUT2D eigenvalue weighted by molar-refractivity contribution is 4.80. The normalized spacial score (nSPS) is 21.2. The van der Waals surface area contributed by atoms with Crippen molar-refractivity contribution in [2.24, 2.45) is 0 Å². The van der Waals surface area contributed by atoms with Crippen molar-refractivity contribution in [2.45, 2.75) is 70.8 Å². The molecule has 0 spiro atoms. The van der Waals surface area contributed by atoms with Gasteiger partial charge in [0.1, 0.15) is 0 Å². The van der Waals surface area contributed by atoms with E-state index in [1.165, 1.54) is 77.4 Å². The van der Waals surface area contributed by atoms with E-state index >= 15 is 0 Å². The summed E-state index contributed by atoms with van der Waals surface area (Å²) >= 11 is 0. The fourth-order valence-electron chi connectivity index (χ4n) is 2.93. The molecule has 102 valence electrons. The molecular weight excluding hydrogens is 208 g/mol. The van der Waals surface area contributed by atoms with Crippen LogP contribution in [0.5, 0.6) is 0 Å². The van der Waals surface area contributed by atoms with Crippen molar-refractivity contribution in [3.8, 4) is 0 Å². The average molecular weight is 240 g/mol. The molecule has 0 saturated carbocycles. The zero-order valence-electron chi connectivity index (χ0n) is 12.0. The van der Waals surface area contributed by atoms with Gasteiger partial charge in [0.25, 0.3) is 0 Å². The van der Waals surface area contributed by atoms with Crippen LogP contribution in [-0.4, -0.2) is 37.6 Å². The molecule has 1 aliphatic heterocycles. The standard InChI is InChI=1S/C15H32N2/c1-3-4-5-6-7-8-9-12-17-13-10-11-15(17)14-16-2/h15-16H,3-14H2,1-2H3. The SMILES string of the molecule is CCCCCCCCCN1CCCC1CNC. The first-order chi connectivity index (χ1) is 8.38. The lowest BCUT2D eigenvalue weighted by molar-refractivity contribution is 0.244. The highest BCUT2D eigenvalue weighted by atomic mass is 15.2. The van der Waals surface area contributed by atoms with E-state index in [1.807, 2.05) is 0 Å². The van der Waals surface area contributed by atoms with Gasteiger partial charge in [0, 0.05) is 12.6 Å². The Hall–Kier alpha value is -0.0800. The maximum Gasteiger partial charge on any atom is 0.0220 e. The fraction of sp³-hybridized carbons (Fsp3) is 1.00. The second-order valence-corrected chi connectivity index (χ2v) is 5.51. The van der Waals surface area contributed by atoms with Crippen LogP contribution < -0.4 is 5.32 Å². The van der Waals surface area contributed by atoms with Crippen LogP contribution in [0.2, 0.25) is 0 Å². The van der Waals surface area contributed by atoms with Crippen molar-refractivity contribution in [1.29, 1.82) is 0 Å². The minimum atomic E-state index is 0.820. The Morgan fingerprint density at radius 1 is 1.06 bits per heavy atom. The summed E-state index contributed by atoms with van der Waals surface area (Å²) in [4.78, 5) is 2.70. The number of hydrogen-bond acceptors (Lipinski definition) is 2. The minimum Gasteiger partial charge on any atom is -0.318 e. The molecule has 0 amide bonds. The predicted octanol–water partition coefficient (Wildman–Crippen LogP) is 3.42. The number of unbranched alkanes of at least 4 members (excludes halogenated alkanes) is 6. The van der Waals surface area contributed by atoms with E-state index in [4.69, 9.17) is 0 Å². The Kier molecular flexibility index (Phi) is 8.72. The zero-order valence-corrected chi connectivity index (χ0v) is 12.0. The molecule has 1 rings (SSSR count). The van der Waals surface area contributed by atoms with Crippen LogP contribution in [0.25, 0.3) is 0 Å². The van der Waals surface area contributed by atoms with Gasteiger partial charge >= 0.3 is 0 Å². The molecule has 1 saturated heterocycles. The van der Waals surface area contributed by atoms with Crippen molar-refractivity contribution in [2.75, 3.05) is 26.7 Å². The van der Waals surface area contributed by atoms with Crippen molar-refractivity contribution < 1.29 is 0 Å². The van der Waals surface area contributed by atoms with Crippen molar-refractivity contribution >= 4 is 0 Å². The van der Waals surface area contributed by atoms with Gasteiger partial charge in [0.2, 0.25) is 0 Å². The maximum atomic E-state index is 3.32. The molecule has 0 aromatic heterocycles. The van der Waals surface area contributed by atoms with Crippen molar-refractivity contribution in [3.63, 3.8) is 0 Å². The third-order valence-electron chi connectivity index (χ3n) is 3.99. The van der Waals surface area contributed by atoms with E-state index in [1.54, 1.807) is 0 Å². The largest absolute Gasteiger partial charge is 0.318 e. The van der Waals surface area contributed by atoms with Gasteiger partial charge in [-0.05, 0) is 39.4 Å². The first kappa shape index (κ1) is 15.0. The molecule has 1 fully saturated rings. The average Bonchev–Trinajstić information content (AvgIpc) is 2.76. The molecule has 0 aliphatic carbocycles. The summed E-state index contributed by atoms with van der Waals surface area (Å²) in [5.41, 5.74) is 0. The molecule has 1 N–H and O–H groups in total. The monoisotopic (exact) mass is 240 g/mol. The third-order valence-corrected chi connectivity index (χ3v) is 3.99. The summed E-state index contributed by atoms with van der Waals surface area (Å²) in [7, 11) is 2.07. The van der Waals surface area contributed by atoms with Gasteiger partial charge in [0.15, 0.2) is 0 Å². The molecule has 1 heterocycles. The number of likely N-dealkylation sites (N-methyl/N-ethyl adjacent to an activating group) is 1. The number of rotatable bonds is 10. The molecule has 2 nitrogen and oxygen atoms in total. The highest BCUT2D eigenvalue weighted by Crippen LogP contribution is 2.17. The second kappa shape index (κ2) is 9.90. The van der Waals surface area contributed by atoms with E-state index in [0.717, 1.165) is 6.04 Å². The molecule has 1 unspecified atom stereocenters. The third kappa shape index (κ3) is 6.42. The molecule has 1 aliphatic rings. The number of likely N-dealkylation sites (tertiary alicyclic amines) is 1. The zero-order chi connectivity index (χ0) is 12.3. The summed E-state index contributed by atoms with van der Waals surface area (Å²) in [5.74, 6) is 0. The summed E-state index contributed by atoms with van der Waals surface area (Å²) in [5, 5.41) is 3.32. The van der Waals surface area contributed by atoms with E-state index in [2.05, 4.69) is 24.2 Å². The topological polar surface area (TPSA) is 15.3 Å². The van der Waals surface area contributed by atoms with Crippen LogP contribution >= 0.6 is 0 Å². The summed E-state index contributed by atoms with van der Waals surface area (Å²) in [6, 6.07) is 0.820. The maximum absolute atomic E-state index is 3.32. The summed E-state index contributed by atoms with van der Waals surface area (Å²) < 4.78 is 0. The van der Waals surface area contributed by atoms with Gasteiger partial charge in [0.05, 0.1) is 0 Å². The van der Waals surface area contributed by atoms with Gasteiger partial charge in [-0.15, -0.1) is 0 Å². The van der Waals surface area contributed by atoms with E-state index in [0.29, 0.717) is 0 Å². The van der Waals surface area contributed by atoms with Crippen LogP contribution in [0.3, 0.4) is 0 Å². The fourth-order valence-corrected chi connectivity index (χ4v) is 2.93. The van der Waals surface area contributed by atoms with E-state index in [-0.39, 0.29) is 0 Å². The van der Waals surface area contributed by atoms with Gasteiger partial charge in [-0.25, -0.2) is 0 Å². The Morgan fingerprint density at radius 3 is 2.47 bits per heavy atom. The molecule has 1 atom stereocenters. The summed E-state index contributed by atoms with van der Waals surface area (Å²) in [6.45, 7) is 6.13. The lowest BCUT2D eigenvalue weighted by atomic mass is 10.1. The second-order valence-electron chi connectivity index (χ2n) is 5.51. The van der Waals surface area contributed by atoms with E-state index < -0.39 is 0 Å². The minimum absolute atomic E-state index is 0.820. The van der Waals surface area contributed by atoms with Gasteiger partial charge in [-0.2, -0.15) is 0 Å². The lowest BCUT2D eigenvalue weighted by Crippen LogP contribution is -2.37. The van der Waals surface area contributed by atoms with Gasteiger partial charge < -0.3 is 5.32 Å². The lowest BCUT2D eigenvalue weighted by Gasteiger charge is -2.24. The van der Waals surface area contributed by atoms with Crippen LogP contribution in [0, 0.1) is 0 Å². The molecule has 2 heteroatoms. The molecular formula is C15H32N2. The summed E-state index contributed by atoms with van der Waals surface area (Å²) in [6.07, 6.45) is 12.8. The van der Waals surface area contributed by atoms with Gasteiger partial charge in [-0.3, -0.25) is 4.90 Å². The Morgan fingerprint density at radius 2 is 1.76 bits per heavy atom. The molecule has 0 aromatic carbocycles. The molecule has 0 radical (unpaired) electrons. The predicted molar refractivity (Wildman–Crippen MR) is 76.5 cm³/mol. The Bertz CT molecular complexity index is 170. The van der Waals surface area contributed by atoms with Crippen LogP contribution in [0.4, 0.5) is 0 Å². The van der Waals surface area contributed by atoms with Crippen LogP contribution in [-0.2, 0) is 0 Å². The van der Waals surface area contributed by atoms with Crippen LogP contribution in [0.1, 0.15) is 64.7 Å². The molecule has 0 aromatic rings. The van der Waals surface area contributed by atoms with E-state index in [9.17, 15) is 0 Å². The number of nitrogens with one attached hydrogen (secondary N) is 1. The van der Waals surface area contributed by atoms with Gasteiger partial charge in [-0.1, -0.05) is 45.4 Å². The van der Waals surface area contributed by atoms with Crippen molar-refractivity contribution in [3.05, 3.63) is 0 Å². The quantitative estimate of drug-likeness (QED) is 0.589. The molecule has 0 bridgehead atoms. The Balaban J connectivity index is 1.94. The smallest absolute Gasteiger partial charge is 0.0220 e. The Labute approximate surface area is 108 Å². The highest BCUT2D eigenvalue weighted by Gasteiger charge is 2.22.